The Bertz CT molecular complexity index is 1320. The lowest BCUT2D eigenvalue weighted by molar-refractivity contribution is 0.0930. The lowest BCUT2D eigenvalue weighted by Crippen LogP contribution is -2.35. The molecular weight excluding hydrogens is 400 g/mol. The third kappa shape index (κ3) is 4.50. The lowest BCUT2D eigenvalue weighted by Gasteiger charge is -2.22. The fraction of sp³-hybridized carbons (Fsp3) is 0.231. The number of carbonyl (C=O) groups is 1. The van der Waals surface area contributed by atoms with E-state index in [1.54, 1.807) is 16.7 Å². The first-order chi connectivity index (χ1) is 15.3. The number of hydrogen-bond donors (Lipinski definition) is 2. The van der Waals surface area contributed by atoms with E-state index in [-0.39, 0.29) is 17.5 Å². The molecule has 0 aliphatic carbocycles. The van der Waals surface area contributed by atoms with E-state index in [0.717, 1.165) is 16.7 Å². The van der Waals surface area contributed by atoms with Crippen molar-refractivity contribution in [2.45, 2.75) is 19.9 Å². The zero-order valence-electron chi connectivity index (χ0n) is 18.8. The van der Waals surface area contributed by atoms with Crippen molar-refractivity contribution in [3.05, 3.63) is 99.6 Å². The Morgan fingerprint density at radius 1 is 1.03 bits per heavy atom. The first-order valence-corrected chi connectivity index (χ1v) is 10.6. The Morgan fingerprint density at radius 2 is 1.78 bits per heavy atom. The van der Waals surface area contributed by atoms with Gasteiger partial charge in [0.2, 0.25) is 0 Å². The highest BCUT2D eigenvalue weighted by atomic mass is 16.2. The zero-order chi connectivity index (χ0) is 22.8. The molecule has 164 valence electrons. The molecule has 1 atom stereocenters. The summed E-state index contributed by atoms with van der Waals surface area (Å²) in [6.07, 6.45) is 3.56. The molecule has 0 saturated heterocycles. The third-order valence-corrected chi connectivity index (χ3v) is 5.73. The molecule has 2 aromatic carbocycles. The molecule has 1 amide bonds. The largest absolute Gasteiger partial charge is 0.344 e. The molecule has 2 N–H and O–H groups in total. The number of fused-ring (bicyclic) bond motifs is 1. The van der Waals surface area contributed by atoms with Gasteiger partial charge in [-0.3, -0.25) is 9.59 Å². The summed E-state index contributed by atoms with van der Waals surface area (Å²) in [5.41, 5.74) is 5.69. The minimum Gasteiger partial charge on any atom is -0.344 e. The van der Waals surface area contributed by atoms with Crippen LogP contribution in [0.25, 0.3) is 16.8 Å². The smallest absolute Gasteiger partial charge is 0.272 e. The molecule has 4 rings (SSSR count). The summed E-state index contributed by atoms with van der Waals surface area (Å²) in [5.74, 6) is -0.212. The number of rotatable bonds is 6. The molecule has 2 aromatic heterocycles. The second-order valence-corrected chi connectivity index (χ2v) is 8.52. The van der Waals surface area contributed by atoms with Crippen LogP contribution in [0.1, 0.15) is 33.1 Å². The number of H-pyrrole nitrogens is 1. The standard InChI is InChI=1S/C26H28N4O2/c1-17-10-11-20(12-18(17)2)23-16-30-14-21(13-24(30)26(32)28-23)25(31)27-22(15-29(3)4)19-8-6-5-7-9-19/h5-14,16,22H,15H2,1-4H3,(H,27,31)(H,28,32). The van der Waals surface area contributed by atoms with Gasteiger partial charge in [0.1, 0.15) is 5.52 Å². The van der Waals surface area contributed by atoms with Crippen molar-refractivity contribution in [3.8, 4) is 11.3 Å². The van der Waals surface area contributed by atoms with Crippen molar-refractivity contribution < 1.29 is 4.79 Å². The minimum absolute atomic E-state index is 0.161. The molecule has 32 heavy (non-hydrogen) atoms. The predicted octanol–water partition coefficient (Wildman–Crippen LogP) is 3.94. The molecule has 0 aliphatic heterocycles. The van der Waals surface area contributed by atoms with Gasteiger partial charge in [0.05, 0.1) is 17.3 Å². The normalized spacial score (nSPS) is 12.3. The Hall–Kier alpha value is -3.64. The van der Waals surface area contributed by atoms with Gasteiger partial charge in [0.15, 0.2) is 0 Å². The maximum absolute atomic E-state index is 13.1. The van der Waals surface area contributed by atoms with Gasteiger partial charge in [-0.15, -0.1) is 0 Å². The van der Waals surface area contributed by atoms with Crippen molar-refractivity contribution in [1.82, 2.24) is 19.6 Å². The number of amides is 1. The molecule has 0 radical (unpaired) electrons. The molecule has 4 aromatic rings. The van der Waals surface area contributed by atoms with Gasteiger partial charge in [0.25, 0.3) is 11.5 Å². The number of aryl methyl sites for hydroxylation is 2. The first kappa shape index (κ1) is 21.6. The van der Waals surface area contributed by atoms with Crippen LogP contribution in [0.5, 0.6) is 0 Å². The number of carbonyl (C=O) groups excluding carboxylic acids is 1. The summed E-state index contributed by atoms with van der Waals surface area (Å²) in [5, 5.41) is 3.12. The number of benzene rings is 2. The summed E-state index contributed by atoms with van der Waals surface area (Å²) in [6, 6.07) is 17.4. The first-order valence-electron chi connectivity index (χ1n) is 10.6. The average molecular weight is 429 g/mol. The highest BCUT2D eigenvalue weighted by Gasteiger charge is 2.18. The fourth-order valence-corrected chi connectivity index (χ4v) is 3.83. The molecule has 1 unspecified atom stereocenters. The summed E-state index contributed by atoms with van der Waals surface area (Å²) in [4.78, 5) is 30.8. The second kappa shape index (κ2) is 8.85. The van der Waals surface area contributed by atoms with Crippen LogP contribution < -0.4 is 10.9 Å². The maximum atomic E-state index is 13.1. The van der Waals surface area contributed by atoms with Crippen LogP contribution in [0.2, 0.25) is 0 Å². The molecule has 2 heterocycles. The van der Waals surface area contributed by atoms with E-state index in [0.29, 0.717) is 23.3 Å². The van der Waals surface area contributed by atoms with E-state index in [2.05, 4.69) is 23.3 Å². The quantitative estimate of drug-likeness (QED) is 0.489. The minimum atomic E-state index is -0.229. The maximum Gasteiger partial charge on any atom is 0.272 e. The van der Waals surface area contributed by atoms with E-state index in [4.69, 9.17) is 0 Å². The molecule has 0 bridgehead atoms. The molecule has 6 heteroatoms. The van der Waals surface area contributed by atoms with Crippen molar-refractivity contribution >= 4 is 11.4 Å². The summed E-state index contributed by atoms with van der Waals surface area (Å²) in [7, 11) is 3.95. The highest BCUT2D eigenvalue weighted by molar-refractivity contribution is 5.96. The number of hydrogen-bond acceptors (Lipinski definition) is 3. The predicted molar refractivity (Wildman–Crippen MR) is 128 cm³/mol. The molecule has 0 spiro atoms. The van der Waals surface area contributed by atoms with E-state index in [1.165, 1.54) is 5.56 Å². The monoisotopic (exact) mass is 428 g/mol. The van der Waals surface area contributed by atoms with Crippen LogP contribution in [-0.4, -0.2) is 40.8 Å². The van der Waals surface area contributed by atoms with E-state index in [1.807, 2.05) is 74.6 Å². The average Bonchev–Trinajstić information content (AvgIpc) is 3.20. The molecule has 0 saturated carbocycles. The van der Waals surface area contributed by atoms with Crippen LogP contribution in [-0.2, 0) is 0 Å². The van der Waals surface area contributed by atoms with Crippen LogP contribution in [0.15, 0.2) is 71.8 Å². The van der Waals surface area contributed by atoms with Gasteiger partial charge in [-0.25, -0.2) is 0 Å². The van der Waals surface area contributed by atoms with Crippen LogP contribution in [0.4, 0.5) is 0 Å². The molecule has 6 nitrogen and oxygen atoms in total. The number of aromatic amines is 1. The van der Waals surface area contributed by atoms with Crippen molar-refractivity contribution in [2.75, 3.05) is 20.6 Å². The Labute approximate surface area is 187 Å². The van der Waals surface area contributed by atoms with E-state index in [9.17, 15) is 9.59 Å². The van der Waals surface area contributed by atoms with Crippen molar-refractivity contribution in [3.63, 3.8) is 0 Å². The van der Waals surface area contributed by atoms with Gasteiger partial charge >= 0.3 is 0 Å². The SMILES string of the molecule is Cc1ccc(-c2cn3cc(C(=O)NC(CN(C)C)c4ccccc4)cc3c(=O)[nH]2)cc1C. The van der Waals surface area contributed by atoms with Crippen molar-refractivity contribution in [1.29, 1.82) is 0 Å². The van der Waals surface area contributed by atoms with Gasteiger partial charge in [-0.1, -0.05) is 42.5 Å². The highest BCUT2D eigenvalue weighted by Crippen LogP contribution is 2.21. The van der Waals surface area contributed by atoms with Crippen LogP contribution in [0.3, 0.4) is 0 Å². The fourth-order valence-electron chi connectivity index (χ4n) is 3.83. The number of nitrogens with zero attached hydrogens (tertiary/aromatic N) is 2. The number of aromatic nitrogens is 2. The van der Waals surface area contributed by atoms with Gasteiger partial charge in [-0.05, 0) is 62.3 Å². The van der Waals surface area contributed by atoms with Crippen LogP contribution in [0, 0.1) is 13.8 Å². The summed E-state index contributed by atoms with van der Waals surface area (Å²) in [6.45, 7) is 4.77. The molecular formula is C26H28N4O2. The van der Waals surface area contributed by atoms with Gasteiger partial charge in [0, 0.05) is 18.9 Å². The summed E-state index contributed by atoms with van der Waals surface area (Å²) >= 11 is 0. The lowest BCUT2D eigenvalue weighted by atomic mass is 10.0. The van der Waals surface area contributed by atoms with Crippen molar-refractivity contribution in [2.24, 2.45) is 0 Å². The third-order valence-electron chi connectivity index (χ3n) is 5.73. The van der Waals surface area contributed by atoms with E-state index < -0.39 is 0 Å². The zero-order valence-corrected chi connectivity index (χ0v) is 18.8. The van der Waals surface area contributed by atoms with Gasteiger partial charge in [-0.2, -0.15) is 0 Å². The Balaban J connectivity index is 1.65. The topological polar surface area (TPSA) is 69.6 Å². The van der Waals surface area contributed by atoms with Gasteiger partial charge < -0.3 is 19.6 Å². The Kier molecular flexibility index (Phi) is 5.97. The second-order valence-electron chi connectivity index (χ2n) is 8.52. The number of nitrogens with one attached hydrogen (secondary N) is 2. The number of likely N-dealkylation sites (N-methyl/N-ethyl adjacent to an activating group) is 1. The summed E-state index contributed by atoms with van der Waals surface area (Å²) < 4.78 is 1.72. The molecule has 0 aliphatic rings. The Morgan fingerprint density at radius 3 is 2.47 bits per heavy atom. The van der Waals surface area contributed by atoms with E-state index >= 15 is 0 Å². The van der Waals surface area contributed by atoms with Crippen LogP contribution >= 0.6 is 0 Å². The molecule has 0 fully saturated rings.